The molecule has 0 aliphatic carbocycles. The Morgan fingerprint density at radius 2 is 1.20 bits per heavy atom. The highest BCUT2D eigenvalue weighted by molar-refractivity contribution is 7.79. The number of benzene rings is 2. The van der Waals surface area contributed by atoms with Crippen LogP contribution in [0.3, 0.4) is 0 Å². The maximum Gasteiger partial charge on any atom is 0.212 e. The molecule has 1 aromatic heterocycles. The summed E-state index contributed by atoms with van der Waals surface area (Å²) < 4.78 is 13.1. The molecule has 0 radical (unpaired) electrons. The van der Waals surface area contributed by atoms with E-state index in [4.69, 9.17) is 0 Å². The van der Waals surface area contributed by atoms with Crippen LogP contribution in [0.2, 0.25) is 0 Å². The third-order valence-corrected chi connectivity index (χ3v) is 5.41. The van der Waals surface area contributed by atoms with Gasteiger partial charge in [-0.1, -0.05) is 60.7 Å². The van der Waals surface area contributed by atoms with Crippen LogP contribution in [0.25, 0.3) is 0 Å². The molecule has 0 saturated carbocycles. The molecule has 3 rings (SSSR count). The first-order chi connectivity index (χ1) is 9.84. The molecule has 0 aliphatic rings. The number of hydrogen-bond donors (Lipinski definition) is 0. The number of nitrogens with zero attached hydrogens (tertiary/aromatic N) is 1. The van der Waals surface area contributed by atoms with Gasteiger partial charge in [0.05, 0.1) is 0 Å². The van der Waals surface area contributed by atoms with Crippen molar-refractivity contribution in [3.63, 3.8) is 0 Å². The monoisotopic (exact) mass is 281 g/mol. The summed E-state index contributed by atoms with van der Waals surface area (Å²) in [5.74, 6) is -0.440. The molecule has 0 N–H and O–H groups in total. The van der Waals surface area contributed by atoms with Crippen molar-refractivity contribution in [2.24, 2.45) is 0 Å². The topological polar surface area (TPSA) is 12.9 Å². The highest BCUT2D eigenvalue weighted by Gasteiger charge is 2.16. The van der Waals surface area contributed by atoms with Gasteiger partial charge in [0.15, 0.2) is 0 Å². The van der Waals surface area contributed by atoms with Crippen LogP contribution in [-0.4, -0.2) is 4.98 Å². The van der Waals surface area contributed by atoms with E-state index in [2.05, 4.69) is 29.2 Å². The van der Waals surface area contributed by atoms with Crippen LogP contribution in [0.15, 0.2) is 79.0 Å². The Morgan fingerprint density at radius 1 is 0.650 bits per heavy atom. The van der Waals surface area contributed by atoms with Gasteiger partial charge in [-0.2, -0.15) is 4.39 Å². The summed E-state index contributed by atoms with van der Waals surface area (Å²) in [7, 11) is -0.688. The van der Waals surface area contributed by atoms with E-state index in [0.29, 0.717) is 0 Å². The van der Waals surface area contributed by atoms with Crippen molar-refractivity contribution in [1.82, 2.24) is 4.98 Å². The van der Waals surface area contributed by atoms with E-state index in [1.54, 1.807) is 6.20 Å². The van der Waals surface area contributed by atoms with Crippen molar-refractivity contribution in [3.8, 4) is 0 Å². The van der Waals surface area contributed by atoms with Gasteiger partial charge in [0.25, 0.3) is 0 Å². The highest BCUT2D eigenvalue weighted by Crippen LogP contribution is 2.31. The van der Waals surface area contributed by atoms with Gasteiger partial charge in [-0.25, -0.2) is 4.98 Å². The number of hydrogen-bond acceptors (Lipinski definition) is 1. The second-order valence-corrected chi connectivity index (χ2v) is 6.57. The predicted octanol–water partition coefficient (Wildman–Crippen LogP) is 2.98. The van der Waals surface area contributed by atoms with Crippen molar-refractivity contribution >= 4 is 23.8 Å². The van der Waals surface area contributed by atoms with E-state index in [9.17, 15) is 4.39 Å². The first kappa shape index (κ1) is 13.0. The molecular formula is C17H13FNP. The Balaban J connectivity index is 2.11. The quantitative estimate of drug-likeness (QED) is 0.531. The summed E-state index contributed by atoms with van der Waals surface area (Å²) >= 11 is 0. The Kier molecular flexibility index (Phi) is 3.85. The highest BCUT2D eigenvalue weighted by atomic mass is 31.1. The molecule has 0 aliphatic heterocycles. The Labute approximate surface area is 118 Å². The lowest BCUT2D eigenvalue weighted by Crippen LogP contribution is -2.20. The van der Waals surface area contributed by atoms with E-state index in [0.717, 1.165) is 5.30 Å². The van der Waals surface area contributed by atoms with Gasteiger partial charge in [0, 0.05) is 11.5 Å². The van der Waals surface area contributed by atoms with Crippen LogP contribution < -0.4 is 15.9 Å². The van der Waals surface area contributed by atoms with Gasteiger partial charge in [-0.3, -0.25) is 0 Å². The van der Waals surface area contributed by atoms with Crippen molar-refractivity contribution in [2.45, 2.75) is 0 Å². The first-order valence-corrected chi connectivity index (χ1v) is 7.70. The lowest BCUT2D eigenvalue weighted by Gasteiger charge is -2.18. The summed E-state index contributed by atoms with van der Waals surface area (Å²) in [5.41, 5.74) is 0. The fraction of sp³-hybridized carbons (Fsp3) is 0. The molecule has 0 bridgehead atoms. The van der Waals surface area contributed by atoms with Crippen molar-refractivity contribution in [1.29, 1.82) is 0 Å². The number of aromatic nitrogens is 1. The first-order valence-electron chi connectivity index (χ1n) is 6.36. The maximum absolute atomic E-state index is 13.1. The van der Waals surface area contributed by atoms with Gasteiger partial charge in [-0.15, -0.1) is 0 Å². The zero-order chi connectivity index (χ0) is 13.8. The van der Waals surface area contributed by atoms with Gasteiger partial charge in [0.2, 0.25) is 5.95 Å². The van der Waals surface area contributed by atoms with E-state index in [-0.39, 0.29) is 0 Å². The lowest BCUT2D eigenvalue weighted by molar-refractivity contribution is 0.584. The molecule has 0 fully saturated rings. The SMILES string of the molecule is Fc1ccc(P(c2ccccc2)c2ccccc2)cn1. The van der Waals surface area contributed by atoms with Crippen LogP contribution >= 0.6 is 7.92 Å². The van der Waals surface area contributed by atoms with E-state index < -0.39 is 13.9 Å². The summed E-state index contributed by atoms with van der Waals surface area (Å²) in [6.07, 6.45) is 1.64. The van der Waals surface area contributed by atoms with Crippen LogP contribution in [0.1, 0.15) is 0 Å². The van der Waals surface area contributed by atoms with Crippen molar-refractivity contribution < 1.29 is 4.39 Å². The molecule has 0 saturated heterocycles. The normalized spacial score (nSPS) is 10.7. The molecule has 0 amide bonds. The largest absolute Gasteiger partial charge is 0.228 e. The molecule has 98 valence electrons. The molecule has 0 spiro atoms. The third kappa shape index (κ3) is 2.76. The average molecular weight is 281 g/mol. The van der Waals surface area contributed by atoms with E-state index >= 15 is 0 Å². The molecule has 0 unspecified atom stereocenters. The Bertz CT molecular complexity index is 629. The number of rotatable bonds is 3. The van der Waals surface area contributed by atoms with Crippen LogP contribution in [0.5, 0.6) is 0 Å². The molecule has 3 aromatic rings. The van der Waals surface area contributed by atoms with Gasteiger partial charge in [-0.05, 0) is 30.7 Å². The van der Waals surface area contributed by atoms with Crippen LogP contribution in [-0.2, 0) is 0 Å². The minimum absolute atomic E-state index is 0.440. The molecule has 1 nitrogen and oxygen atoms in total. The molecule has 20 heavy (non-hydrogen) atoms. The lowest BCUT2D eigenvalue weighted by atomic mass is 10.4. The summed E-state index contributed by atoms with van der Waals surface area (Å²) in [6, 6.07) is 23.8. The second kappa shape index (κ2) is 5.94. The van der Waals surface area contributed by atoms with E-state index in [1.807, 2.05) is 42.5 Å². The molecular weight excluding hydrogens is 268 g/mol. The standard InChI is InChI=1S/C17H13FNP/c18-17-12-11-16(13-19-17)20(14-7-3-1-4-8-14)15-9-5-2-6-10-15/h1-13H. The summed E-state index contributed by atoms with van der Waals surface area (Å²) in [5, 5.41) is 3.53. The smallest absolute Gasteiger partial charge is 0.212 e. The minimum Gasteiger partial charge on any atom is -0.228 e. The Hall–Kier alpha value is -2.05. The zero-order valence-electron chi connectivity index (χ0n) is 10.8. The summed E-state index contributed by atoms with van der Waals surface area (Å²) in [6.45, 7) is 0. The Morgan fingerprint density at radius 3 is 1.65 bits per heavy atom. The minimum atomic E-state index is -0.688. The predicted molar refractivity (Wildman–Crippen MR) is 82.9 cm³/mol. The number of halogens is 1. The van der Waals surface area contributed by atoms with Gasteiger partial charge in [0.1, 0.15) is 0 Å². The van der Waals surface area contributed by atoms with Crippen molar-refractivity contribution in [2.75, 3.05) is 0 Å². The second-order valence-electron chi connectivity index (χ2n) is 4.35. The number of pyridine rings is 1. The average Bonchev–Trinajstić information content (AvgIpc) is 2.52. The third-order valence-electron chi connectivity index (χ3n) is 3.00. The molecule has 1 heterocycles. The van der Waals surface area contributed by atoms with Gasteiger partial charge < -0.3 is 0 Å². The zero-order valence-corrected chi connectivity index (χ0v) is 11.7. The fourth-order valence-electron chi connectivity index (χ4n) is 2.10. The van der Waals surface area contributed by atoms with E-state index in [1.165, 1.54) is 16.7 Å². The molecule has 2 aromatic carbocycles. The summed E-state index contributed by atoms with van der Waals surface area (Å²) in [4.78, 5) is 3.80. The maximum atomic E-state index is 13.1. The van der Waals surface area contributed by atoms with Crippen molar-refractivity contribution in [3.05, 3.63) is 84.9 Å². The van der Waals surface area contributed by atoms with Crippen LogP contribution in [0.4, 0.5) is 4.39 Å². The van der Waals surface area contributed by atoms with Crippen LogP contribution in [0, 0.1) is 5.95 Å². The fourth-order valence-corrected chi connectivity index (χ4v) is 4.33. The molecule has 3 heteroatoms. The van der Waals surface area contributed by atoms with Gasteiger partial charge >= 0.3 is 0 Å². The molecule has 0 atom stereocenters.